The molecule has 3 aromatic rings. The summed E-state index contributed by atoms with van der Waals surface area (Å²) >= 11 is 0. The van der Waals surface area contributed by atoms with Crippen LogP contribution >= 0.6 is 0 Å². The number of hydrogen-bond donors (Lipinski definition) is 0. The van der Waals surface area contributed by atoms with E-state index in [-0.39, 0.29) is 0 Å². The summed E-state index contributed by atoms with van der Waals surface area (Å²) in [6, 6.07) is 20.7. The second-order valence-corrected chi connectivity index (χ2v) is 4.67. The molecular weight excluding hydrogens is 244 g/mol. The Morgan fingerprint density at radius 1 is 0.900 bits per heavy atom. The van der Waals surface area contributed by atoms with Crippen molar-refractivity contribution in [2.45, 2.75) is 6.54 Å². The lowest BCUT2D eigenvalue weighted by Crippen LogP contribution is -2.29. The van der Waals surface area contributed by atoms with Crippen LogP contribution in [0.5, 0.6) is 0 Å². The minimum absolute atomic E-state index is 0.870. The standard InChI is InChI=1S/C18H17N2/c1-3-8-17(9-4-1)10-7-13-19-14-15-20(16-19)18-11-5-2-6-12-18/h1-12,14-16H,13H2/q+1/b10-7+. The summed E-state index contributed by atoms with van der Waals surface area (Å²) in [5, 5.41) is 0. The van der Waals surface area contributed by atoms with E-state index in [9.17, 15) is 0 Å². The Morgan fingerprint density at radius 3 is 2.35 bits per heavy atom. The van der Waals surface area contributed by atoms with Gasteiger partial charge in [0.1, 0.15) is 24.6 Å². The normalized spacial score (nSPS) is 11.0. The molecule has 2 heteroatoms. The van der Waals surface area contributed by atoms with E-state index in [2.05, 4.69) is 88.5 Å². The quantitative estimate of drug-likeness (QED) is 0.636. The van der Waals surface area contributed by atoms with E-state index in [0.29, 0.717) is 0 Å². The highest BCUT2D eigenvalue weighted by molar-refractivity contribution is 5.48. The molecule has 0 fully saturated rings. The minimum atomic E-state index is 0.870. The summed E-state index contributed by atoms with van der Waals surface area (Å²) in [5.41, 5.74) is 2.41. The molecule has 0 spiro atoms. The maximum atomic E-state index is 2.17. The molecule has 2 aromatic carbocycles. The molecule has 0 saturated carbocycles. The maximum absolute atomic E-state index is 2.17. The molecule has 0 radical (unpaired) electrons. The van der Waals surface area contributed by atoms with Crippen molar-refractivity contribution in [3.05, 3.63) is 91.0 Å². The first-order chi connectivity index (χ1) is 9.92. The molecule has 1 aromatic heterocycles. The van der Waals surface area contributed by atoms with Crippen LogP contribution in [0.1, 0.15) is 5.56 Å². The molecular formula is C18H17N2+. The Hall–Kier alpha value is -2.61. The Labute approximate surface area is 119 Å². The van der Waals surface area contributed by atoms with Crippen LogP contribution in [-0.4, -0.2) is 4.57 Å². The Bertz CT molecular complexity index is 682. The van der Waals surface area contributed by atoms with Crippen molar-refractivity contribution in [1.82, 2.24) is 4.57 Å². The van der Waals surface area contributed by atoms with Gasteiger partial charge in [0.15, 0.2) is 0 Å². The highest BCUT2D eigenvalue weighted by Crippen LogP contribution is 2.04. The third kappa shape index (κ3) is 3.04. The van der Waals surface area contributed by atoms with Crippen LogP contribution in [0, 0.1) is 0 Å². The van der Waals surface area contributed by atoms with Crippen LogP contribution in [0.4, 0.5) is 0 Å². The van der Waals surface area contributed by atoms with Crippen LogP contribution in [0.3, 0.4) is 0 Å². The molecule has 0 atom stereocenters. The van der Waals surface area contributed by atoms with E-state index in [1.807, 2.05) is 12.1 Å². The highest BCUT2D eigenvalue weighted by Gasteiger charge is 2.03. The van der Waals surface area contributed by atoms with Crippen LogP contribution in [0.25, 0.3) is 11.8 Å². The van der Waals surface area contributed by atoms with Crippen molar-refractivity contribution in [2.24, 2.45) is 0 Å². The molecule has 1 heterocycles. The van der Waals surface area contributed by atoms with E-state index in [0.717, 1.165) is 6.54 Å². The molecule has 0 bridgehead atoms. The fraction of sp³-hybridized carbons (Fsp3) is 0.0556. The van der Waals surface area contributed by atoms with E-state index in [1.165, 1.54) is 11.3 Å². The predicted octanol–water partition coefficient (Wildman–Crippen LogP) is 3.48. The number of para-hydroxylation sites is 1. The zero-order valence-electron chi connectivity index (χ0n) is 11.3. The molecule has 0 amide bonds. The van der Waals surface area contributed by atoms with Crippen LogP contribution in [0.2, 0.25) is 0 Å². The predicted molar refractivity (Wildman–Crippen MR) is 81.4 cm³/mol. The molecule has 2 nitrogen and oxygen atoms in total. The second kappa shape index (κ2) is 6.02. The van der Waals surface area contributed by atoms with E-state index >= 15 is 0 Å². The summed E-state index contributed by atoms with van der Waals surface area (Å²) in [6.45, 7) is 0.870. The largest absolute Gasteiger partial charge is 0.249 e. The van der Waals surface area contributed by atoms with Crippen molar-refractivity contribution in [3.8, 4) is 5.69 Å². The van der Waals surface area contributed by atoms with Crippen LogP contribution in [-0.2, 0) is 6.54 Å². The van der Waals surface area contributed by atoms with Gasteiger partial charge in [-0.1, -0.05) is 54.6 Å². The minimum Gasteiger partial charge on any atom is -0.233 e. The molecule has 0 unspecified atom stereocenters. The summed E-state index contributed by atoms with van der Waals surface area (Å²) in [6.07, 6.45) is 10.6. The maximum Gasteiger partial charge on any atom is 0.249 e. The van der Waals surface area contributed by atoms with Crippen molar-refractivity contribution in [3.63, 3.8) is 0 Å². The second-order valence-electron chi connectivity index (χ2n) is 4.67. The zero-order valence-corrected chi connectivity index (χ0v) is 11.3. The van der Waals surface area contributed by atoms with Gasteiger partial charge in [-0.2, -0.15) is 0 Å². The SMILES string of the molecule is C(=C\c1ccccc1)/C[n+]1ccn(-c2ccccc2)c1. The molecule has 0 N–H and O–H groups in total. The van der Waals surface area contributed by atoms with E-state index < -0.39 is 0 Å². The fourth-order valence-electron chi connectivity index (χ4n) is 2.13. The smallest absolute Gasteiger partial charge is 0.233 e. The van der Waals surface area contributed by atoms with Gasteiger partial charge in [-0.15, -0.1) is 0 Å². The van der Waals surface area contributed by atoms with Gasteiger partial charge in [-0.05, 0) is 23.8 Å². The summed E-state index contributed by atoms with van der Waals surface area (Å²) in [7, 11) is 0. The topological polar surface area (TPSA) is 8.81 Å². The first-order valence-corrected chi connectivity index (χ1v) is 6.76. The van der Waals surface area contributed by atoms with Crippen LogP contribution in [0.15, 0.2) is 85.5 Å². The van der Waals surface area contributed by atoms with Gasteiger partial charge >= 0.3 is 0 Å². The summed E-state index contributed by atoms with van der Waals surface area (Å²) in [5.74, 6) is 0. The van der Waals surface area contributed by atoms with Crippen molar-refractivity contribution in [2.75, 3.05) is 0 Å². The number of benzene rings is 2. The molecule has 0 aliphatic carbocycles. The number of imidazole rings is 1. The van der Waals surface area contributed by atoms with Crippen molar-refractivity contribution >= 4 is 6.08 Å². The fourth-order valence-corrected chi connectivity index (χ4v) is 2.13. The van der Waals surface area contributed by atoms with Gasteiger partial charge in [-0.3, -0.25) is 0 Å². The molecule has 3 rings (SSSR count). The first kappa shape index (κ1) is 12.4. The Balaban J connectivity index is 1.68. The zero-order chi connectivity index (χ0) is 13.6. The molecule has 98 valence electrons. The van der Waals surface area contributed by atoms with Crippen LogP contribution < -0.4 is 4.57 Å². The van der Waals surface area contributed by atoms with Gasteiger partial charge in [0.25, 0.3) is 0 Å². The first-order valence-electron chi connectivity index (χ1n) is 6.76. The van der Waals surface area contributed by atoms with Gasteiger partial charge in [0.2, 0.25) is 6.33 Å². The Morgan fingerprint density at radius 2 is 1.60 bits per heavy atom. The molecule has 0 saturated heterocycles. The molecule has 0 aliphatic rings. The van der Waals surface area contributed by atoms with Gasteiger partial charge < -0.3 is 0 Å². The van der Waals surface area contributed by atoms with Gasteiger partial charge in [0, 0.05) is 0 Å². The van der Waals surface area contributed by atoms with Gasteiger partial charge in [-0.25, -0.2) is 9.13 Å². The van der Waals surface area contributed by atoms with E-state index in [4.69, 9.17) is 0 Å². The third-order valence-corrected chi connectivity index (χ3v) is 3.17. The average molecular weight is 261 g/mol. The number of nitrogens with zero attached hydrogens (tertiary/aromatic N) is 2. The summed E-state index contributed by atoms with van der Waals surface area (Å²) in [4.78, 5) is 0. The lowest BCUT2D eigenvalue weighted by Gasteiger charge is -1.93. The lowest BCUT2D eigenvalue weighted by molar-refractivity contribution is -0.686. The Kier molecular flexibility index (Phi) is 3.74. The van der Waals surface area contributed by atoms with Crippen molar-refractivity contribution < 1.29 is 4.57 Å². The molecule has 20 heavy (non-hydrogen) atoms. The number of rotatable bonds is 4. The third-order valence-electron chi connectivity index (χ3n) is 3.17. The number of aromatic nitrogens is 2. The average Bonchev–Trinajstić information content (AvgIpc) is 2.98. The lowest BCUT2D eigenvalue weighted by atomic mass is 10.2. The molecule has 0 aliphatic heterocycles. The monoisotopic (exact) mass is 261 g/mol. The van der Waals surface area contributed by atoms with E-state index in [1.54, 1.807) is 0 Å². The van der Waals surface area contributed by atoms with Gasteiger partial charge in [0.05, 0.1) is 0 Å². The summed E-state index contributed by atoms with van der Waals surface area (Å²) < 4.78 is 4.28. The number of hydrogen-bond acceptors (Lipinski definition) is 0. The highest BCUT2D eigenvalue weighted by atomic mass is 15.1. The van der Waals surface area contributed by atoms with Crippen molar-refractivity contribution in [1.29, 1.82) is 0 Å². The number of allylic oxidation sites excluding steroid dienone is 1.